The largest absolute Gasteiger partial charge is 0.454 e. The first-order chi connectivity index (χ1) is 12.7. The van der Waals surface area contributed by atoms with Gasteiger partial charge in [0.05, 0.1) is 6.61 Å². The van der Waals surface area contributed by atoms with Crippen molar-refractivity contribution in [3.05, 3.63) is 23.8 Å². The normalized spacial score (nSPS) is 16.6. The average molecular weight is 490 g/mol. The predicted octanol–water partition coefficient (Wildman–Crippen LogP) is 2.10. The lowest BCUT2D eigenvalue weighted by Crippen LogP contribution is -2.48. The molecule has 0 aliphatic carbocycles. The molecule has 2 aliphatic rings. The number of piperidine rings is 1. The molecule has 1 amide bonds. The smallest absolute Gasteiger partial charge is 0.409 e. The Bertz CT molecular complexity index is 663. The summed E-state index contributed by atoms with van der Waals surface area (Å²) in [6, 6.07) is 6.14. The summed E-state index contributed by atoms with van der Waals surface area (Å²) in [7, 11) is 0. The minimum Gasteiger partial charge on any atom is -0.454 e. The number of rotatable bonds is 5. The zero-order valence-electron chi connectivity index (χ0n) is 15.5. The monoisotopic (exact) mass is 490 g/mol. The number of benzene rings is 1. The second kappa shape index (κ2) is 10.4. The summed E-state index contributed by atoms with van der Waals surface area (Å²) in [5.41, 5.74) is 7.12. The Morgan fingerprint density at radius 3 is 2.81 bits per heavy atom. The number of nitrogens with one attached hydrogen (secondary N) is 1. The molecule has 0 atom stereocenters. The Balaban J connectivity index is 0.00000261. The van der Waals surface area contributed by atoms with Crippen LogP contribution in [0, 0.1) is 0 Å². The molecular formula is C18H27IN4O4. The van der Waals surface area contributed by atoms with Gasteiger partial charge in [-0.3, -0.25) is 4.99 Å². The van der Waals surface area contributed by atoms with Crippen molar-refractivity contribution in [2.45, 2.75) is 32.2 Å². The number of hydrogen-bond acceptors (Lipinski definition) is 5. The Kier molecular flexibility index (Phi) is 8.26. The Labute approximate surface area is 176 Å². The Hall–Kier alpha value is -1.91. The number of aliphatic imine (C=N–C) groups is 1. The van der Waals surface area contributed by atoms with Gasteiger partial charge < -0.3 is 30.2 Å². The van der Waals surface area contributed by atoms with Gasteiger partial charge in [0.1, 0.15) is 0 Å². The second-order valence-electron chi connectivity index (χ2n) is 6.31. The average Bonchev–Trinajstić information content (AvgIpc) is 3.10. The highest BCUT2D eigenvalue weighted by Gasteiger charge is 2.23. The lowest BCUT2D eigenvalue weighted by Gasteiger charge is -2.31. The molecule has 9 heteroatoms. The predicted molar refractivity (Wildman–Crippen MR) is 113 cm³/mol. The molecule has 0 bridgehead atoms. The van der Waals surface area contributed by atoms with Gasteiger partial charge >= 0.3 is 6.09 Å². The van der Waals surface area contributed by atoms with Gasteiger partial charge in [0.15, 0.2) is 17.5 Å². The maximum atomic E-state index is 11.7. The molecule has 8 nitrogen and oxygen atoms in total. The van der Waals surface area contributed by atoms with Gasteiger partial charge in [-0.25, -0.2) is 4.79 Å². The van der Waals surface area contributed by atoms with Gasteiger partial charge in [-0.15, -0.1) is 24.0 Å². The van der Waals surface area contributed by atoms with Crippen molar-refractivity contribution in [1.82, 2.24) is 10.2 Å². The summed E-state index contributed by atoms with van der Waals surface area (Å²) >= 11 is 0. The highest BCUT2D eigenvalue weighted by atomic mass is 127. The van der Waals surface area contributed by atoms with Crippen molar-refractivity contribution >= 4 is 36.0 Å². The highest BCUT2D eigenvalue weighted by Crippen LogP contribution is 2.32. The molecule has 150 valence electrons. The number of ether oxygens (including phenoxy) is 3. The fraction of sp³-hybridized carbons (Fsp3) is 0.556. The number of guanidine groups is 1. The minimum absolute atomic E-state index is 0. The molecule has 1 saturated heterocycles. The van der Waals surface area contributed by atoms with Crippen molar-refractivity contribution in [3.8, 4) is 11.5 Å². The molecule has 27 heavy (non-hydrogen) atoms. The van der Waals surface area contributed by atoms with E-state index in [2.05, 4.69) is 10.3 Å². The van der Waals surface area contributed by atoms with Crippen LogP contribution in [0.3, 0.4) is 0 Å². The van der Waals surface area contributed by atoms with E-state index in [9.17, 15) is 4.79 Å². The quantitative estimate of drug-likeness (QED) is 0.373. The second-order valence-corrected chi connectivity index (χ2v) is 6.31. The molecule has 0 saturated carbocycles. The number of nitrogens with two attached hydrogens (primary N) is 1. The van der Waals surface area contributed by atoms with Gasteiger partial charge in [0, 0.05) is 25.7 Å². The third kappa shape index (κ3) is 6.05. The summed E-state index contributed by atoms with van der Waals surface area (Å²) in [5, 5.41) is 3.24. The minimum atomic E-state index is -0.240. The lowest BCUT2D eigenvalue weighted by atomic mass is 10.1. The van der Waals surface area contributed by atoms with Crippen LogP contribution < -0.4 is 20.5 Å². The zero-order chi connectivity index (χ0) is 18.4. The molecule has 3 N–H and O–H groups in total. The molecule has 1 aromatic carbocycles. The first-order valence-corrected chi connectivity index (χ1v) is 9.02. The van der Waals surface area contributed by atoms with Crippen molar-refractivity contribution in [2.24, 2.45) is 10.7 Å². The number of likely N-dealkylation sites (tertiary alicyclic amines) is 1. The van der Waals surface area contributed by atoms with Crippen LogP contribution in [0.15, 0.2) is 23.2 Å². The zero-order valence-corrected chi connectivity index (χ0v) is 17.8. The van der Waals surface area contributed by atoms with Crippen LogP contribution in [0.2, 0.25) is 0 Å². The SMILES string of the molecule is CCOC(=O)N1CCC(NC(N)=NCCc2ccc3c(c2)OCO3)CC1.I. The van der Waals surface area contributed by atoms with Crippen LogP contribution >= 0.6 is 24.0 Å². The fourth-order valence-electron chi connectivity index (χ4n) is 3.08. The van der Waals surface area contributed by atoms with E-state index in [0.29, 0.717) is 32.2 Å². The van der Waals surface area contributed by atoms with E-state index in [0.717, 1.165) is 36.3 Å². The van der Waals surface area contributed by atoms with E-state index in [1.165, 1.54) is 0 Å². The Morgan fingerprint density at radius 2 is 2.07 bits per heavy atom. The van der Waals surface area contributed by atoms with Crippen LogP contribution in [-0.2, 0) is 11.2 Å². The van der Waals surface area contributed by atoms with E-state index in [-0.39, 0.29) is 42.9 Å². The van der Waals surface area contributed by atoms with Crippen molar-refractivity contribution in [1.29, 1.82) is 0 Å². The number of carbonyl (C=O) groups excluding carboxylic acids is 1. The van der Waals surface area contributed by atoms with Gasteiger partial charge in [-0.2, -0.15) is 0 Å². The van der Waals surface area contributed by atoms with E-state index in [1.54, 1.807) is 4.90 Å². The van der Waals surface area contributed by atoms with E-state index < -0.39 is 0 Å². The number of nitrogens with zero attached hydrogens (tertiary/aromatic N) is 2. The summed E-state index contributed by atoms with van der Waals surface area (Å²) in [6.07, 6.45) is 2.20. The van der Waals surface area contributed by atoms with Crippen molar-refractivity contribution < 1.29 is 19.0 Å². The number of halogens is 1. The van der Waals surface area contributed by atoms with Gasteiger partial charge in [0.25, 0.3) is 0 Å². The summed E-state index contributed by atoms with van der Waals surface area (Å²) < 4.78 is 15.7. The third-order valence-corrected chi connectivity index (χ3v) is 4.49. The maximum absolute atomic E-state index is 11.7. The first kappa shape index (κ1) is 21.4. The van der Waals surface area contributed by atoms with Crippen LogP contribution in [0.5, 0.6) is 11.5 Å². The lowest BCUT2D eigenvalue weighted by molar-refractivity contribution is 0.0963. The molecule has 0 radical (unpaired) electrons. The molecule has 2 aliphatic heterocycles. The standard InChI is InChI=1S/C18H26N4O4.HI/c1-2-24-18(23)22-9-6-14(7-10-22)21-17(19)20-8-5-13-3-4-15-16(11-13)26-12-25-15;/h3-4,11,14H,2,5-10,12H2,1H3,(H3,19,20,21);1H. The molecule has 0 spiro atoms. The van der Waals surface area contributed by atoms with Gasteiger partial charge in [0.2, 0.25) is 6.79 Å². The van der Waals surface area contributed by atoms with Crippen LogP contribution in [0.25, 0.3) is 0 Å². The highest BCUT2D eigenvalue weighted by molar-refractivity contribution is 14.0. The number of amides is 1. The number of carbonyl (C=O) groups is 1. The third-order valence-electron chi connectivity index (χ3n) is 4.49. The molecule has 2 heterocycles. The first-order valence-electron chi connectivity index (χ1n) is 9.02. The Morgan fingerprint density at radius 1 is 1.33 bits per heavy atom. The molecule has 3 rings (SSSR count). The van der Waals surface area contributed by atoms with Crippen LogP contribution in [-0.4, -0.2) is 56.0 Å². The van der Waals surface area contributed by atoms with E-state index in [1.807, 2.05) is 25.1 Å². The van der Waals surface area contributed by atoms with E-state index in [4.69, 9.17) is 19.9 Å². The summed E-state index contributed by atoms with van der Waals surface area (Å²) in [5.74, 6) is 2.01. The van der Waals surface area contributed by atoms with Gasteiger partial charge in [-0.05, 0) is 43.9 Å². The molecule has 0 aromatic heterocycles. The van der Waals surface area contributed by atoms with Crippen LogP contribution in [0.4, 0.5) is 4.79 Å². The van der Waals surface area contributed by atoms with Crippen molar-refractivity contribution in [3.63, 3.8) is 0 Å². The maximum Gasteiger partial charge on any atom is 0.409 e. The van der Waals surface area contributed by atoms with Crippen molar-refractivity contribution in [2.75, 3.05) is 33.0 Å². The number of hydrogen-bond donors (Lipinski definition) is 2. The fourth-order valence-corrected chi connectivity index (χ4v) is 3.08. The topological polar surface area (TPSA) is 98.4 Å². The molecular weight excluding hydrogens is 463 g/mol. The summed E-state index contributed by atoms with van der Waals surface area (Å²) in [6.45, 7) is 4.43. The molecule has 1 fully saturated rings. The van der Waals surface area contributed by atoms with Gasteiger partial charge in [-0.1, -0.05) is 6.07 Å². The van der Waals surface area contributed by atoms with E-state index >= 15 is 0 Å². The summed E-state index contributed by atoms with van der Waals surface area (Å²) in [4.78, 5) is 17.8. The van der Waals surface area contributed by atoms with Crippen LogP contribution in [0.1, 0.15) is 25.3 Å². The molecule has 0 unspecified atom stereocenters. The number of fused-ring (bicyclic) bond motifs is 1. The molecule has 1 aromatic rings.